The highest BCUT2D eigenvalue weighted by Crippen LogP contribution is 2.22. The number of benzene rings is 2. The Kier molecular flexibility index (Phi) is 4.05. The van der Waals surface area contributed by atoms with Crippen LogP contribution in [0.15, 0.2) is 53.0 Å². The van der Waals surface area contributed by atoms with Crippen LogP contribution >= 0.6 is 15.9 Å². The molecular formula is C16H17BrN4. The maximum Gasteiger partial charge on any atom is 0.111 e. The van der Waals surface area contributed by atoms with E-state index >= 15 is 0 Å². The predicted octanol–water partition coefficient (Wildman–Crippen LogP) is 3.08. The van der Waals surface area contributed by atoms with Gasteiger partial charge in [0, 0.05) is 17.9 Å². The number of halogens is 1. The van der Waals surface area contributed by atoms with E-state index in [1.807, 2.05) is 37.4 Å². The van der Waals surface area contributed by atoms with E-state index in [-0.39, 0.29) is 6.04 Å². The fourth-order valence-electron chi connectivity index (χ4n) is 2.53. The molecule has 1 atom stereocenters. The Labute approximate surface area is 132 Å². The molecule has 4 nitrogen and oxygen atoms in total. The maximum absolute atomic E-state index is 5.74. The molecule has 1 unspecified atom stereocenters. The Balaban J connectivity index is 1.92. The van der Waals surface area contributed by atoms with Crippen molar-refractivity contribution in [3.8, 4) is 0 Å². The number of nitrogens with one attached hydrogen (secondary N) is 1. The van der Waals surface area contributed by atoms with Gasteiger partial charge in [0.1, 0.15) is 5.82 Å². The second-order valence-electron chi connectivity index (χ2n) is 5.05. The summed E-state index contributed by atoms with van der Waals surface area (Å²) in [5.74, 6) is 6.75. The first-order valence-corrected chi connectivity index (χ1v) is 7.60. The molecule has 1 aromatic heterocycles. The summed E-state index contributed by atoms with van der Waals surface area (Å²) >= 11 is 3.45. The van der Waals surface area contributed by atoms with Gasteiger partial charge in [0.05, 0.1) is 17.1 Å². The molecule has 2 aromatic carbocycles. The van der Waals surface area contributed by atoms with Crippen molar-refractivity contribution < 1.29 is 0 Å². The van der Waals surface area contributed by atoms with Gasteiger partial charge >= 0.3 is 0 Å². The second kappa shape index (κ2) is 5.97. The number of para-hydroxylation sites is 2. The van der Waals surface area contributed by atoms with Crippen LogP contribution in [0.3, 0.4) is 0 Å². The van der Waals surface area contributed by atoms with Gasteiger partial charge in [-0.05, 0) is 29.8 Å². The maximum atomic E-state index is 5.74. The molecule has 5 heteroatoms. The minimum atomic E-state index is 0.0358. The highest BCUT2D eigenvalue weighted by Gasteiger charge is 2.15. The molecule has 0 aliphatic carbocycles. The van der Waals surface area contributed by atoms with Gasteiger partial charge in [-0.3, -0.25) is 11.3 Å². The van der Waals surface area contributed by atoms with E-state index in [0.29, 0.717) is 0 Å². The number of imidazole rings is 1. The van der Waals surface area contributed by atoms with E-state index in [4.69, 9.17) is 10.8 Å². The average molecular weight is 345 g/mol. The number of aryl methyl sites for hydroxylation is 1. The number of nitrogens with zero attached hydrogens (tertiary/aromatic N) is 2. The number of fused-ring (bicyclic) bond motifs is 1. The van der Waals surface area contributed by atoms with Gasteiger partial charge in [-0.1, -0.05) is 40.2 Å². The average Bonchev–Trinajstić information content (AvgIpc) is 2.83. The van der Waals surface area contributed by atoms with Crippen molar-refractivity contribution in [1.82, 2.24) is 15.0 Å². The third kappa shape index (κ3) is 2.85. The smallest absolute Gasteiger partial charge is 0.111 e. The summed E-state index contributed by atoms with van der Waals surface area (Å²) < 4.78 is 3.18. The SMILES string of the molecule is Cn1c(CC(NN)c2ccc(Br)cc2)nc2ccccc21. The zero-order chi connectivity index (χ0) is 14.8. The topological polar surface area (TPSA) is 55.9 Å². The van der Waals surface area contributed by atoms with Crippen molar-refractivity contribution in [1.29, 1.82) is 0 Å². The van der Waals surface area contributed by atoms with Gasteiger partial charge < -0.3 is 4.57 Å². The molecule has 0 aliphatic heterocycles. The summed E-state index contributed by atoms with van der Waals surface area (Å²) in [5, 5.41) is 0. The third-order valence-electron chi connectivity index (χ3n) is 3.74. The summed E-state index contributed by atoms with van der Waals surface area (Å²) in [6.45, 7) is 0. The van der Waals surface area contributed by atoms with Gasteiger partial charge in [-0.15, -0.1) is 0 Å². The lowest BCUT2D eigenvalue weighted by molar-refractivity contribution is 0.532. The van der Waals surface area contributed by atoms with E-state index in [9.17, 15) is 0 Å². The Morgan fingerprint density at radius 2 is 1.90 bits per heavy atom. The van der Waals surface area contributed by atoms with Crippen molar-refractivity contribution in [3.63, 3.8) is 0 Å². The van der Waals surface area contributed by atoms with Crippen molar-refractivity contribution in [3.05, 3.63) is 64.4 Å². The lowest BCUT2D eigenvalue weighted by atomic mass is 10.0. The molecule has 3 rings (SSSR count). The first-order chi connectivity index (χ1) is 10.2. The molecule has 108 valence electrons. The Morgan fingerprint density at radius 1 is 1.19 bits per heavy atom. The fraction of sp³-hybridized carbons (Fsp3) is 0.188. The molecule has 0 aliphatic rings. The molecule has 0 fully saturated rings. The van der Waals surface area contributed by atoms with Crippen LogP contribution in [0, 0.1) is 0 Å². The van der Waals surface area contributed by atoms with Crippen LogP contribution in [-0.2, 0) is 13.5 Å². The fourth-order valence-corrected chi connectivity index (χ4v) is 2.79. The number of hydrazine groups is 1. The van der Waals surface area contributed by atoms with Crippen molar-refractivity contribution in [2.45, 2.75) is 12.5 Å². The van der Waals surface area contributed by atoms with E-state index in [1.54, 1.807) is 0 Å². The normalized spacial score (nSPS) is 12.7. The van der Waals surface area contributed by atoms with Crippen LogP contribution in [0.2, 0.25) is 0 Å². The molecule has 0 saturated carbocycles. The van der Waals surface area contributed by atoms with E-state index in [0.717, 1.165) is 33.3 Å². The van der Waals surface area contributed by atoms with E-state index in [2.05, 4.69) is 44.1 Å². The third-order valence-corrected chi connectivity index (χ3v) is 4.27. The Hall–Kier alpha value is -1.69. The number of nitrogens with two attached hydrogens (primary N) is 1. The zero-order valence-electron chi connectivity index (χ0n) is 11.8. The zero-order valence-corrected chi connectivity index (χ0v) is 13.3. The van der Waals surface area contributed by atoms with Crippen LogP contribution in [-0.4, -0.2) is 9.55 Å². The highest BCUT2D eigenvalue weighted by atomic mass is 79.9. The number of hydrogen-bond acceptors (Lipinski definition) is 3. The van der Waals surface area contributed by atoms with Gasteiger partial charge in [0.25, 0.3) is 0 Å². The number of aromatic nitrogens is 2. The van der Waals surface area contributed by atoms with Gasteiger partial charge in [-0.25, -0.2) is 4.98 Å². The van der Waals surface area contributed by atoms with Crippen LogP contribution in [0.1, 0.15) is 17.4 Å². The van der Waals surface area contributed by atoms with Gasteiger partial charge in [-0.2, -0.15) is 0 Å². The highest BCUT2D eigenvalue weighted by molar-refractivity contribution is 9.10. The number of hydrogen-bond donors (Lipinski definition) is 2. The molecular weight excluding hydrogens is 328 g/mol. The summed E-state index contributed by atoms with van der Waals surface area (Å²) in [4.78, 5) is 4.70. The molecule has 0 radical (unpaired) electrons. The lowest BCUT2D eigenvalue weighted by Gasteiger charge is -2.16. The van der Waals surface area contributed by atoms with Gasteiger partial charge in [0.15, 0.2) is 0 Å². The molecule has 0 spiro atoms. The molecule has 21 heavy (non-hydrogen) atoms. The Morgan fingerprint density at radius 3 is 2.57 bits per heavy atom. The first kappa shape index (κ1) is 14.3. The van der Waals surface area contributed by atoms with Crippen molar-refractivity contribution in [2.24, 2.45) is 12.9 Å². The second-order valence-corrected chi connectivity index (χ2v) is 5.97. The van der Waals surface area contributed by atoms with Crippen molar-refractivity contribution in [2.75, 3.05) is 0 Å². The minimum Gasteiger partial charge on any atom is -0.331 e. The number of rotatable bonds is 4. The largest absolute Gasteiger partial charge is 0.331 e. The lowest BCUT2D eigenvalue weighted by Crippen LogP contribution is -2.30. The van der Waals surface area contributed by atoms with Gasteiger partial charge in [0.2, 0.25) is 0 Å². The molecule has 1 heterocycles. The predicted molar refractivity (Wildman–Crippen MR) is 88.6 cm³/mol. The minimum absolute atomic E-state index is 0.0358. The van der Waals surface area contributed by atoms with Crippen LogP contribution in [0.25, 0.3) is 11.0 Å². The van der Waals surface area contributed by atoms with E-state index < -0.39 is 0 Å². The quantitative estimate of drug-likeness (QED) is 0.564. The standard InChI is InChI=1S/C16H17BrN4/c1-21-15-5-3-2-4-13(15)19-16(21)10-14(20-18)11-6-8-12(17)9-7-11/h2-9,14,20H,10,18H2,1H3. The molecule has 0 bridgehead atoms. The first-order valence-electron chi connectivity index (χ1n) is 6.81. The summed E-state index contributed by atoms with van der Waals surface area (Å²) in [6, 6.07) is 16.4. The van der Waals surface area contributed by atoms with Crippen LogP contribution in [0.5, 0.6) is 0 Å². The summed E-state index contributed by atoms with van der Waals surface area (Å²) in [6.07, 6.45) is 0.739. The van der Waals surface area contributed by atoms with Crippen molar-refractivity contribution >= 4 is 27.0 Å². The molecule has 3 aromatic rings. The monoisotopic (exact) mass is 344 g/mol. The summed E-state index contributed by atoms with van der Waals surface area (Å²) in [5.41, 5.74) is 6.19. The molecule has 0 amide bonds. The van der Waals surface area contributed by atoms with Crippen LogP contribution < -0.4 is 11.3 Å². The Bertz CT molecular complexity index is 749. The molecule has 0 saturated heterocycles. The molecule has 3 N–H and O–H groups in total. The summed E-state index contributed by atoms with van der Waals surface area (Å²) in [7, 11) is 2.04. The van der Waals surface area contributed by atoms with Crippen LogP contribution in [0.4, 0.5) is 0 Å². The van der Waals surface area contributed by atoms with E-state index in [1.165, 1.54) is 0 Å².